The quantitative estimate of drug-likeness (QED) is 0.919. The van der Waals surface area contributed by atoms with E-state index >= 15 is 0 Å². The second kappa shape index (κ2) is 6.50. The van der Waals surface area contributed by atoms with Crippen LogP contribution in [-0.2, 0) is 11.3 Å². The van der Waals surface area contributed by atoms with Crippen molar-refractivity contribution in [3.05, 3.63) is 40.3 Å². The van der Waals surface area contributed by atoms with Crippen molar-refractivity contribution in [2.24, 2.45) is 0 Å². The number of fused-ring (bicyclic) bond motifs is 1. The first kappa shape index (κ1) is 15.7. The molecule has 1 aromatic carbocycles. The van der Waals surface area contributed by atoms with Crippen LogP contribution in [-0.4, -0.2) is 44.9 Å². The van der Waals surface area contributed by atoms with Gasteiger partial charge in [0.1, 0.15) is 6.54 Å². The highest BCUT2D eigenvalue weighted by molar-refractivity contribution is 5.83. The second-order valence-electron chi connectivity index (χ2n) is 6.01. The smallest absolute Gasteiger partial charge is 0.275 e. The zero-order valence-electron chi connectivity index (χ0n) is 13.2. The third-order valence-electron chi connectivity index (χ3n) is 4.50. The molecule has 122 valence electrons. The van der Waals surface area contributed by atoms with Crippen LogP contribution in [0.2, 0.25) is 0 Å². The molecule has 1 saturated heterocycles. The summed E-state index contributed by atoms with van der Waals surface area (Å²) >= 11 is 0. The minimum absolute atomic E-state index is 0.0369. The first-order valence-electron chi connectivity index (χ1n) is 7.98. The van der Waals surface area contributed by atoms with Crippen molar-refractivity contribution >= 4 is 16.7 Å². The maximum atomic E-state index is 12.6. The molecule has 0 saturated carbocycles. The van der Waals surface area contributed by atoms with E-state index in [1.807, 2.05) is 25.1 Å². The molecule has 2 heterocycles. The zero-order valence-corrected chi connectivity index (χ0v) is 13.2. The lowest BCUT2D eigenvalue weighted by Crippen LogP contribution is -2.48. The zero-order chi connectivity index (χ0) is 16.4. The molecule has 6 heteroatoms. The number of aliphatic hydroxyl groups is 1. The molecule has 23 heavy (non-hydrogen) atoms. The first-order valence-corrected chi connectivity index (χ1v) is 7.98. The van der Waals surface area contributed by atoms with Crippen LogP contribution in [0.1, 0.15) is 25.0 Å². The highest BCUT2D eigenvalue weighted by Crippen LogP contribution is 2.17. The summed E-state index contributed by atoms with van der Waals surface area (Å²) in [5.74, 6) is -0.159. The molecule has 0 aliphatic carbocycles. The summed E-state index contributed by atoms with van der Waals surface area (Å²) in [5, 5.41) is 15.1. The number of likely N-dealkylation sites (tertiary alicyclic amines) is 1. The second-order valence-corrected chi connectivity index (χ2v) is 6.01. The predicted octanol–water partition coefficient (Wildman–Crippen LogP) is 1.08. The molecule has 1 fully saturated rings. The van der Waals surface area contributed by atoms with E-state index in [4.69, 9.17) is 0 Å². The van der Waals surface area contributed by atoms with E-state index in [0.29, 0.717) is 11.9 Å². The van der Waals surface area contributed by atoms with Crippen molar-refractivity contribution < 1.29 is 9.90 Å². The molecule has 1 unspecified atom stereocenters. The third kappa shape index (κ3) is 2.99. The van der Waals surface area contributed by atoms with E-state index in [-0.39, 0.29) is 30.7 Å². The number of benzene rings is 1. The Balaban J connectivity index is 1.91. The minimum atomic E-state index is -0.253. The van der Waals surface area contributed by atoms with E-state index in [9.17, 15) is 14.7 Å². The van der Waals surface area contributed by atoms with Crippen molar-refractivity contribution in [2.45, 2.75) is 38.8 Å². The molecule has 1 aliphatic heterocycles. The fraction of sp³-hybridized carbons (Fsp3) is 0.471. The van der Waals surface area contributed by atoms with Gasteiger partial charge in [-0.05, 0) is 32.3 Å². The molecular formula is C17H21N3O3. The lowest BCUT2D eigenvalue weighted by molar-refractivity contribution is -0.136. The van der Waals surface area contributed by atoms with E-state index in [1.165, 1.54) is 4.68 Å². The predicted molar refractivity (Wildman–Crippen MR) is 87.2 cm³/mol. The maximum Gasteiger partial charge on any atom is 0.275 e. The number of carbonyl (C=O) groups excluding carboxylic acids is 1. The first-order chi connectivity index (χ1) is 11.1. The molecular weight excluding hydrogens is 294 g/mol. The number of piperidine rings is 1. The van der Waals surface area contributed by atoms with Gasteiger partial charge in [-0.15, -0.1) is 0 Å². The van der Waals surface area contributed by atoms with Crippen LogP contribution in [0.15, 0.2) is 29.1 Å². The Morgan fingerprint density at radius 3 is 2.78 bits per heavy atom. The van der Waals surface area contributed by atoms with Gasteiger partial charge in [0, 0.05) is 11.9 Å². The van der Waals surface area contributed by atoms with E-state index in [0.717, 1.165) is 30.3 Å². The molecule has 3 rings (SSSR count). The molecule has 0 radical (unpaired) electrons. The summed E-state index contributed by atoms with van der Waals surface area (Å²) in [6.07, 6.45) is 2.75. The molecule has 1 amide bonds. The Labute approximate surface area is 134 Å². The van der Waals surface area contributed by atoms with Gasteiger partial charge in [-0.25, -0.2) is 4.68 Å². The van der Waals surface area contributed by atoms with Crippen LogP contribution < -0.4 is 5.56 Å². The average molecular weight is 315 g/mol. The minimum Gasteiger partial charge on any atom is -0.394 e. The van der Waals surface area contributed by atoms with Gasteiger partial charge in [0.05, 0.1) is 23.7 Å². The standard InChI is InChI=1S/C17H21N3O3/c1-12-14-7-2-3-8-15(14)17(23)20(18-12)10-16(22)19-9-5-4-6-13(19)11-21/h2-3,7-8,13,21H,4-6,9-11H2,1H3. The topological polar surface area (TPSA) is 75.4 Å². The van der Waals surface area contributed by atoms with Gasteiger partial charge in [-0.3, -0.25) is 9.59 Å². The van der Waals surface area contributed by atoms with Crippen LogP contribution in [0.3, 0.4) is 0 Å². The Bertz CT molecular complexity index is 784. The SMILES string of the molecule is Cc1nn(CC(=O)N2CCCCC2CO)c(=O)c2ccccc12. The molecule has 6 nitrogen and oxygen atoms in total. The summed E-state index contributed by atoms with van der Waals surface area (Å²) in [4.78, 5) is 26.8. The van der Waals surface area contributed by atoms with Gasteiger partial charge in [0.15, 0.2) is 0 Å². The highest BCUT2D eigenvalue weighted by atomic mass is 16.3. The Morgan fingerprint density at radius 2 is 2.04 bits per heavy atom. The molecule has 1 aliphatic rings. The largest absolute Gasteiger partial charge is 0.394 e. The lowest BCUT2D eigenvalue weighted by Gasteiger charge is -2.34. The number of aryl methyl sites for hydroxylation is 1. The summed E-state index contributed by atoms with van der Waals surface area (Å²) in [6.45, 7) is 2.34. The summed E-state index contributed by atoms with van der Waals surface area (Å²) in [6, 6.07) is 7.14. The van der Waals surface area contributed by atoms with Gasteiger partial charge in [0.25, 0.3) is 5.56 Å². The van der Waals surface area contributed by atoms with E-state index in [2.05, 4.69) is 5.10 Å². The average Bonchev–Trinajstić information content (AvgIpc) is 2.59. The lowest BCUT2D eigenvalue weighted by atomic mass is 10.0. The monoisotopic (exact) mass is 315 g/mol. The normalized spacial score (nSPS) is 18.3. The van der Waals surface area contributed by atoms with Gasteiger partial charge in [0.2, 0.25) is 5.91 Å². The Morgan fingerprint density at radius 1 is 1.30 bits per heavy atom. The number of aliphatic hydroxyl groups excluding tert-OH is 1. The number of hydrogen-bond donors (Lipinski definition) is 1. The number of hydrogen-bond acceptors (Lipinski definition) is 4. The van der Waals surface area contributed by atoms with Crippen molar-refractivity contribution in [2.75, 3.05) is 13.2 Å². The van der Waals surface area contributed by atoms with Crippen LogP contribution in [0.4, 0.5) is 0 Å². The maximum absolute atomic E-state index is 12.6. The molecule has 1 N–H and O–H groups in total. The van der Waals surface area contributed by atoms with Crippen molar-refractivity contribution in [3.63, 3.8) is 0 Å². The van der Waals surface area contributed by atoms with Gasteiger partial charge >= 0.3 is 0 Å². The van der Waals surface area contributed by atoms with Gasteiger partial charge in [-0.2, -0.15) is 5.10 Å². The highest BCUT2D eigenvalue weighted by Gasteiger charge is 2.26. The molecule has 0 bridgehead atoms. The summed E-state index contributed by atoms with van der Waals surface area (Å²) in [5.41, 5.74) is 0.475. The van der Waals surface area contributed by atoms with Crippen molar-refractivity contribution in [1.82, 2.24) is 14.7 Å². The third-order valence-corrected chi connectivity index (χ3v) is 4.50. The van der Waals surface area contributed by atoms with E-state index in [1.54, 1.807) is 11.0 Å². The molecule has 2 aromatic rings. The number of nitrogens with zero attached hydrogens (tertiary/aromatic N) is 3. The van der Waals surface area contributed by atoms with Crippen molar-refractivity contribution in [1.29, 1.82) is 0 Å². The van der Waals surface area contributed by atoms with Crippen molar-refractivity contribution in [3.8, 4) is 0 Å². The Kier molecular flexibility index (Phi) is 4.43. The summed E-state index contributed by atoms with van der Waals surface area (Å²) < 4.78 is 1.24. The van der Waals surface area contributed by atoms with Crippen LogP contribution in [0.5, 0.6) is 0 Å². The van der Waals surface area contributed by atoms with Gasteiger partial charge < -0.3 is 10.0 Å². The number of carbonyl (C=O) groups is 1. The van der Waals surface area contributed by atoms with Crippen LogP contribution >= 0.6 is 0 Å². The van der Waals surface area contributed by atoms with Crippen LogP contribution in [0, 0.1) is 6.92 Å². The van der Waals surface area contributed by atoms with Crippen LogP contribution in [0.25, 0.3) is 10.8 Å². The fourth-order valence-corrected chi connectivity index (χ4v) is 3.25. The van der Waals surface area contributed by atoms with Gasteiger partial charge in [-0.1, -0.05) is 18.2 Å². The molecule has 1 atom stereocenters. The molecule has 1 aromatic heterocycles. The molecule has 0 spiro atoms. The number of rotatable bonds is 3. The van der Waals surface area contributed by atoms with E-state index < -0.39 is 0 Å². The number of aromatic nitrogens is 2. The fourth-order valence-electron chi connectivity index (χ4n) is 3.25. The number of amides is 1. The summed E-state index contributed by atoms with van der Waals surface area (Å²) in [7, 11) is 0. The Hall–Kier alpha value is -2.21.